The first-order valence-electron chi connectivity index (χ1n) is 5.95. The van der Waals surface area contributed by atoms with Crippen LogP contribution < -0.4 is 5.73 Å². The first-order chi connectivity index (χ1) is 7.69. The lowest BCUT2D eigenvalue weighted by atomic mass is 10.2. The normalized spacial score (nSPS) is 15.7. The minimum absolute atomic E-state index is 0.833. The molecule has 2 N–H and O–H groups in total. The van der Waals surface area contributed by atoms with Gasteiger partial charge in [-0.1, -0.05) is 13.0 Å². The lowest BCUT2D eigenvalue weighted by molar-refractivity contribution is 0.268. The van der Waals surface area contributed by atoms with E-state index in [9.17, 15) is 0 Å². The summed E-state index contributed by atoms with van der Waals surface area (Å²) >= 11 is 3.42. The highest BCUT2D eigenvalue weighted by atomic mass is 79.9. The Balaban J connectivity index is 1.97. The van der Waals surface area contributed by atoms with Gasteiger partial charge in [-0.25, -0.2) is 0 Å². The van der Waals surface area contributed by atoms with Gasteiger partial charge in [0.2, 0.25) is 0 Å². The molecule has 0 spiro atoms. The van der Waals surface area contributed by atoms with Crippen LogP contribution in [0.1, 0.15) is 25.3 Å². The van der Waals surface area contributed by atoms with Crippen molar-refractivity contribution in [1.29, 1.82) is 0 Å². The Kier molecular flexibility index (Phi) is 3.87. The van der Waals surface area contributed by atoms with Crippen LogP contribution in [0.3, 0.4) is 0 Å². The van der Waals surface area contributed by atoms with E-state index < -0.39 is 0 Å². The smallest absolute Gasteiger partial charge is 0.0461 e. The van der Waals surface area contributed by atoms with E-state index in [0.29, 0.717) is 0 Å². The average molecular weight is 283 g/mol. The van der Waals surface area contributed by atoms with Gasteiger partial charge in [0.15, 0.2) is 0 Å². The van der Waals surface area contributed by atoms with Crippen LogP contribution in [-0.4, -0.2) is 18.0 Å². The van der Waals surface area contributed by atoms with Crippen molar-refractivity contribution < 1.29 is 0 Å². The van der Waals surface area contributed by atoms with Gasteiger partial charge in [-0.05, 0) is 58.9 Å². The summed E-state index contributed by atoms with van der Waals surface area (Å²) in [7, 11) is 0. The molecule has 2 rings (SSSR count). The molecule has 2 nitrogen and oxygen atoms in total. The summed E-state index contributed by atoms with van der Waals surface area (Å²) in [5.41, 5.74) is 8.03. The van der Waals surface area contributed by atoms with Crippen molar-refractivity contribution in [2.45, 2.75) is 26.3 Å². The molecule has 0 unspecified atom stereocenters. The number of nitrogens with two attached hydrogens (primary N) is 1. The van der Waals surface area contributed by atoms with Crippen molar-refractivity contribution >= 4 is 21.6 Å². The molecular formula is C13H19BrN2. The van der Waals surface area contributed by atoms with E-state index in [4.69, 9.17) is 5.73 Å². The second kappa shape index (κ2) is 5.19. The zero-order chi connectivity index (χ0) is 11.5. The van der Waals surface area contributed by atoms with Gasteiger partial charge in [0.25, 0.3) is 0 Å². The molecule has 0 amide bonds. The van der Waals surface area contributed by atoms with Crippen LogP contribution in [-0.2, 0) is 6.54 Å². The maximum Gasteiger partial charge on any atom is 0.0461 e. The highest BCUT2D eigenvalue weighted by Crippen LogP contribution is 2.30. The zero-order valence-corrected chi connectivity index (χ0v) is 11.3. The van der Waals surface area contributed by atoms with Gasteiger partial charge in [-0.2, -0.15) is 0 Å². The van der Waals surface area contributed by atoms with Crippen LogP contribution in [0.4, 0.5) is 5.69 Å². The lowest BCUT2D eigenvalue weighted by Gasteiger charge is -2.20. The van der Waals surface area contributed by atoms with Crippen LogP contribution in [0.15, 0.2) is 22.7 Å². The first kappa shape index (κ1) is 11.9. The highest BCUT2D eigenvalue weighted by molar-refractivity contribution is 9.10. The maximum absolute atomic E-state index is 5.89. The Morgan fingerprint density at radius 1 is 1.44 bits per heavy atom. The third-order valence-corrected chi connectivity index (χ3v) is 3.85. The molecule has 1 aliphatic carbocycles. The highest BCUT2D eigenvalue weighted by Gasteiger charge is 2.23. The van der Waals surface area contributed by atoms with Crippen molar-refractivity contribution in [3.05, 3.63) is 28.2 Å². The minimum Gasteiger partial charge on any atom is -0.398 e. The van der Waals surface area contributed by atoms with Gasteiger partial charge in [-0.15, -0.1) is 0 Å². The number of halogens is 1. The molecule has 88 valence electrons. The van der Waals surface area contributed by atoms with Gasteiger partial charge >= 0.3 is 0 Å². The molecule has 0 aliphatic heterocycles. The van der Waals surface area contributed by atoms with E-state index in [-0.39, 0.29) is 0 Å². The Labute approximate surface area is 106 Å². The summed E-state index contributed by atoms with van der Waals surface area (Å²) in [4.78, 5) is 2.50. The van der Waals surface area contributed by atoms with Gasteiger partial charge in [0.05, 0.1) is 0 Å². The fourth-order valence-corrected chi connectivity index (χ4v) is 2.17. The number of anilines is 1. The first-order valence-corrected chi connectivity index (χ1v) is 6.74. The van der Waals surface area contributed by atoms with Crippen molar-refractivity contribution in [2.75, 3.05) is 18.8 Å². The van der Waals surface area contributed by atoms with Gasteiger partial charge < -0.3 is 5.73 Å². The van der Waals surface area contributed by atoms with E-state index in [0.717, 1.165) is 29.2 Å². The quantitative estimate of drug-likeness (QED) is 0.840. The van der Waals surface area contributed by atoms with Crippen molar-refractivity contribution in [1.82, 2.24) is 4.90 Å². The second-order valence-corrected chi connectivity index (χ2v) is 5.48. The molecule has 1 aromatic carbocycles. The Hall–Kier alpha value is -0.540. The standard InChI is InChI=1S/C13H19BrN2/c1-2-16(8-10-3-4-10)9-11-5-6-12(14)13(15)7-11/h5-7,10H,2-4,8-9,15H2,1H3. The monoisotopic (exact) mass is 282 g/mol. The Morgan fingerprint density at radius 2 is 2.19 bits per heavy atom. The largest absolute Gasteiger partial charge is 0.398 e. The summed E-state index contributed by atoms with van der Waals surface area (Å²) in [6.45, 7) is 5.61. The van der Waals surface area contributed by atoms with Crippen molar-refractivity contribution in [2.24, 2.45) is 5.92 Å². The minimum atomic E-state index is 0.833. The van der Waals surface area contributed by atoms with Gasteiger partial charge in [0.1, 0.15) is 0 Å². The molecule has 0 atom stereocenters. The maximum atomic E-state index is 5.89. The lowest BCUT2D eigenvalue weighted by Crippen LogP contribution is -2.25. The van der Waals surface area contributed by atoms with Crippen LogP contribution in [0, 0.1) is 5.92 Å². The summed E-state index contributed by atoms with van der Waals surface area (Å²) in [5, 5.41) is 0. The molecule has 16 heavy (non-hydrogen) atoms. The topological polar surface area (TPSA) is 29.3 Å². The third kappa shape index (κ3) is 3.22. The Morgan fingerprint density at radius 3 is 2.75 bits per heavy atom. The van der Waals surface area contributed by atoms with E-state index >= 15 is 0 Å². The van der Waals surface area contributed by atoms with Crippen LogP contribution in [0.2, 0.25) is 0 Å². The van der Waals surface area contributed by atoms with Gasteiger partial charge in [0, 0.05) is 23.2 Å². The second-order valence-electron chi connectivity index (χ2n) is 4.63. The van der Waals surface area contributed by atoms with E-state index in [1.165, 1.54) is 24.9 Å². The van der Waals surface area contributed by atoms with Crippen LogP contribution in [0.5, 0.6) is 0 Å². The SMILES string of the molecule is CCN(Cc1ccc(Br)c(N)c1)CC1CC1. The number of rotatable bonds is 5. The van der Waals surface area contributed by atoms with Crippen molar-refractivity contribution in [3.8, 4) is 0 Å². The molecule has 3 heteroatoms. The molecule has 1 aromatic rings. The Bertz CT molecular complexity index is 361. The number of nitrogen functional groups attached to an aromatic ring is 1. The molecule has 1 aliphatic rings. The number of nitrogens with zero attached hydrogens (tertiary/aromatic N) is 1. The molecule has 0 saturated heterocycles. The fraction of sp³-hybridized carbons (Fsp3) is 0.538. The summed E-state index contributed by atoms with van der Waals surface area (Å²) in [6, 6.07) is 6.26. The number of benzene rings is 1. The zero-order valence-electron chi connectivity index (χ0n) is 9.75. The third-order valence-electron chi connectivity index (χ3n) is 3.13. The summed E-state index contributed by atoms with van der Waals surface area (Å²) in [5.74, 6) is 0.952. The molecule has 0 bridgehead atoms. The predicted molar refractivity (Wildman–Crippen MR) is 72.2 cm³/mol. The molecular weight excluding hydrogens is 264 g/mol. The summed E-state index contributed by atoms with van der Waals surface area (Å²) < 4.78 is 0.987. The molecule has 0 aromatic heterocycles. The number of hydrogen-bond donors (Lipinski definition) is 1. The van der Waals surface area contributed by atoms with Crippen LogP contribution in [0.25, 0.3) is 0 Å². The van der Waals surface area contributed by atoms with E-state index in [2.05, 4.69) is 39.9 Å². The van der Waals surface area contributed by atoms with Gasteiger partial charge in [-0.3, -0.25) is 4.90 Å². The predicted octanol–water partition coefficient (Wildman–Crippen LogP) is 3.26. The van der Waals surface area contributed by atoms with E-state index in [1.807, 2.05) is 6.07 Å². The summed E-state index contributed by atoms with van der Waals surface area (Å²) in [6.07, 6.45) is 2.83. The molecule has 0 radical (unpaired) electrons. The molecule has 0 heterocycles. The average Bonchev–Trinajstić information content (AvgIpc) is 3.06. The fourth-order valence-electron chi connectivity index (χ4n) is 1.92. The van der Waals surface area contributed by atoms with Crippen LogP contribution >= 0.6 is 15.9 Å². The van der Waals surface area contributed by atoms with Crippen molar-refractivity contribution in [3.63, 3.8) is 0 Å². The molecule has 1 fully saturated rings. The molecule has 1 saturated carbocycles. The number of hydrogen-bond acceptors (Lipinski definition) is 2. The van der Waals surface area contributed by atoms with E-state index in [1.54, 1.807) is 0 Å².